The van der Waals surface area contributed by atoms with Crippen LogP contribution < -0.4 is 16.4 Å². The van der Waals surface area contributed by atoms with Crippen molar-refractivity contribution >= 4 is 17.3 Å². The predicted molar refractivity (Wildman–Crippen MR) is 107 cm³/mol. The van der Waals surface area contributed by atoms with Crippen LogP contribution in [0.15, 0.2) is 48.5 Å². The second-order valence-electron chi connectivity index (χ2n) is 6.86. The molecular weight excluding hydrogens is 344 g/mol. The van der Waals surface area contributed by atoms with Crippen molar-refractivity contribution in [2.45, 2.75) is 32.9 Å². The molecule has 27 heavy (non-hydrogen) atoms. The molecule has 0 spiro atoms. The van der Waals surface area contributed by atoms with Crippen molar-refractivity contribution in [3.05, 3.63) is 69.8 Å². The molecule has 0 aliphatic heterocycles. The third-order valence-corrected chi connectivity index (χ3v) is 4.16. The van der Waals surface area contributed by atoms with E-state index in [4.69, 9.17) is 5.73 Å². The Bertz CT molecular complexity index is 778. The number of nitrogens with zero attached hydrogens (tertiary/aromatic N) is 1. The average Bonchev–Trinajstić information content (AvgIpc) is 2.66. The third-order valence-electron chi connectivity index (χ3n) is 4.16. The molecule has 0 aliphatic rings. The van der Waals surface area contributed by atoms with E-state index in [1.807, 2.05) is 44.2 Å². The number of nitrogens with one attached hydrogen (secondary N) is 2. The lowest BCUT2D eigenvalue weighted by atomic mass is 10.0. The molecular formula is C20H26N4O3. The van der Waals surface area contributed by atoms with E-state index in [1.54, 1.807) is 12.1 Å². The van der Waals surface area contributed by atoms with Gasteiger partial charge in [0.25, 0.3) is 11.6 Å². The molecule has 7 nitrogen and oxygen atoms in total. The number of benzene rings is 2. The Kier molecular flexibility index (Phi) is 7.31. The van der Waals surface area contributed by atoms with E-state index >= 15 is 0 Å². The van der Waals surface area contributed by atoms with E-state index < -0.39 is 4.92 Å². The number of amides is 1. The molecule has 7 heteroatoms. The Morgan fingerprint density at radius 1 is 1.19 bits per heavy atom. The van der Waals surface area contributed by atoms with Crippen molar-refractivity contribution in [3.8, 4) is 0 Å². The first-order chi connectivity index (χ1) is 12.9. The highest BCUT2D eigenvalue weighted by Crippen LogP contribution is 2.26. The second-order valence-corrected chi connectivity index (χ2v) is 6.86. The monoisotopic (exact) mass is 370 g/mol. The van der Waals surface area contributed by atoms with Crippen molar-refractivity contribution in [2.24, 2.45) is 11.7 Å². The fourth-order valence-corrected chi connectivity index (χ4v) is 2.82. The van der Waals surface area contributed by atoms with Crippen LogP contribution in [0, 0.1) is 16.0 Å². The second kappa shape index (κ2) is 9.68. The van der Waals surface area contributed by atoms with Gasteiger partial charge in [-0.3, -0.25) is 14.9 Å². The Labute approximate surface area is 159 Å². The molecule has 0 heterocycles. The van der Waals surface area contributed by atoms with Crippen LogP contribution in [0.1, 0.15) is 36.2 Å². The van der Waals surface area contributed by atoms with Gasteiger partial charge in [0.15, 0.2) is 0 Å². The first kappa shape index (κ1) is 20.4. The van der Waals surface area contributed by atoms with Crippen molar-refractivity contribution in [1.82, 2.24) is 5.32 Å². The Morgan fingerprint density at radius 3 is 2.48 bits per heavy atom. The molecule has 0 bridgehead atoms. The van der Waals surface area contributed by atoms with Crippen molar-refractivity contribution < 1.29 is 9.72 Å². The molecule has 1 atom stereocenters. The zero-order chi connectivity index (χ0) is 19.8. The number of nitro groups is 1. The molecule has 1 amide bonds. The zero-order valence-corrected chi connectivity index (χ0v) is 15.6. The molecule has 0 saturated carbocycles. The van der Waals surface area contributed by atoms with Crippen LogP contribution in [0.2, 0.25) is 0 Å². The third kappa shape index (κ3) is 6.07. The minimum Gasteiger partial charge on any atom is -0.375 e. The average molecular weight is 370 g/mol. The number of anilines is 1. The minimum atomic E-state index is -0.487. The number of nitro benzene ring substituents is 1. The summed E-state index contributed by atoms with van der Waals surface area (Å²) in [4.78, 5) is 23.4. The Balaban J connectivity index is 2.14. The molecule has 1 unspecified atom stereocenters. The van der Waals surface area contributed by atoms with E-state index in [1.165, 1.54) is 6.07 Å². The number of hydrogen-bond donors (Lipinski definition) is 3. The van der Waals surface area contributed by atoms with Gasteiger partial charge >= 0.3 is 0 Å². The summed E-state index contributed by atoms with van der Waals surface area (Å²) in [5.41, 5.74) is 7.20. The highest BCUT2D eigenvalue weighted by atomic mass is 16.6. The predicted octanol–water partition coefficient (Wildman–Crippen LogP) is 3.31. The maximum Gasteiger partial charge on any atom is 0.293 e. The fraction of sp³-hybridized carbons (Fsp3) is 0.350. The van der Waals surface area contributed by atoms with Gasteiger partial charge in [0.1, 0.15) is 5.69 Å². The lowest BCUT2D eigenvalue weighted by molar-refractivity contribution is -0.384. The van der Waals surface area contributed by atoms with Gasteiger partial charge in [-0.2, -0.15) is 0 Å². The van der Waals surface area contributed by atoms with E-state index in [0.29, 0.717) is 24.7 Å². The topological polar surface area (TPSA) is 110 Å². The van der Waals surface area contributed by atoms with Gasteiger partial charge in [-0.05, 0) is 30.0 Å². The van der Waals surface area contributed by atoms with E-state index in [9.17, 15) is 14.9 Å². The summed E-state index contributed by atoms with van der Waals surface area (Å²) in [7, 11) is 0. The molecule has 0 aliphatic carbocycles. The smallest absolute Gasteiger partial charge is 0.293 e. The van der Waals surface area contributed by atoms with Gasteiger partial charge in [0, 0.05) is 30.8 Å². The van der Waals surface area contributed by atoms with Gasteiger partial charge in [-0.1, -0.05) is 44.2 Å². The fourth-order valence-electron chi connectivity index (χ4n) is 2.82. The largest absolute Gasteiger partial charge is 0.375 e. The van der Waals surface area contributed by atoms with Gasteiger partial charge in [0.2, 0.25) is 0 Å². The van der Waals surface area contributed by atoms with Crippen LogP contribution in [0.4, 0.5) is 11.4 Å². The van der Waals surface area contributed by atoms with Gasteiger partial charge in [0.05, 0.1) is 4.92 Å². The lowest BCUT2D eigenvalue weighted by Crippen LogP contribution is -2.41. The minimum absolute atomic E-state index is 0.133. The standard InChI is InChI=1S/C20H26N4O3/c1-14(2)10-17(12-21)23-20(25)16-8-9-18(19(11-16)24(26)27)22-13-15-6-4-3-5-7-15/h3-9,11,14,17,22H,10,12-13,21H2,1-2H3,(H,23,25). The molecule has 2 aromatic rings. The van der Waals surface area contributed by atoms with Crippen molar-refractivity contribution in [1.29, 1.82) is 0 Å². The summed E-state index contributed by atoms with van der Waals surface area (Å²) >= 11 is 0. The maximum atomic E-state index is 12.5. The van der Waals surface area contributed by atoms with Crippen LogP contribution in [0.25, 0.3) is 0 Å². The quantitative estimate of drug-likeness (QED) is 0.463. The SMILES string of the molecule is CC(C)CC(CN)NC(=O)c1ccc(NCc2ccccc2)c([N+](=O)[O-])c1. The van der Waals surface area contributed by atoms with Crippen LogP contribution in [-0.2, 0) is 6.54 Å². The number of hydrogen-bond acceptors (Lipinski definition) is 5. The maximum absolute atomic E-state index is 12.5. The molecule has 144 valence electrons. The summed E-state index contributed by atoms with van der Waals surface area (Å²) in [6.07, 6.45) is 0.751. The first-order valence-corrected chi connectivity index (χ1v) is 8.98. The Morgan fingerprint density at radius 2 is 1.89 bits per heavy atom. The molecule has 0 aromatic heterocycles. The summed E-state index contributed by atoms with van der Waals surface area (Å²) in [5.74, 6) is 0.0292. The van der Waals surface area contributed by atoms with Crippen LogP contribution >= 0.6 is 0 Å². The summed E-state index contributed by atoms with van der Waals surface area (Å²) < 4.78 is 0. The van der Waals surface area contributed by atoms with Gasteiger partial charge in [-0.15, -0.1) is 0 Å². The number of carbonyl (C=O) groups excluding carboxylic acids is 1. The normalized spacial score (nSPS) is 11.9. The molecule has 0 radical (unpaired) electrons. The van der Waals surface area contributed by atoms with Crippen LogP contribution in [-0.4, -0.2) is 23.4 Å². The Hall–Kier alpha value is -2.93. The summed E-state index contributed by atoms with van der Waals surface area (Å²) in [5, 5.41) is 17.4. The number of rotatable bonds is 9. The molecule has 4 N–H and O–H groups in total. The number of carbonyl (C=O) groups is 1. The highest BCUT2D eigenvalue weighted by molar-refractivity contribution is 5.96. The van der Waals surface area contributed by atoms with Crippen molar-refractivity contribution in [3.63, 3.8) is 0 Å². The van der Waals surface area contributed by atoms with Gasteiger partial charge < -0.3 is 16.4 Å². The van der Waals surface area contributed by atoms with E-state index in [-0.39, 0.29) is 23.2 Å². The van der Waals surface area contributed by atoms with Crippen molar-refractivity contribution in [2.75, 3.05) is 11.9 Å². The molecule has 2 aromatic carbocycles. The number of nitrogens with two attached hydrogens (primary N) is 1. The van der Waals surface area contributed by atoms with E-state index in [0.717, 1.165) is 12.0 Å². The lowest BCUT2D eigenvalue weighted by Gasteiger charge is -2.19. The molecule has 0 fully saturated rings. The van der Waals surface area contributed by atoms with E-state index in [2.05, 4.69) is 10.6 Å². The highest BCUT2D eigenvalue weighted by Gasteiger charge is 2.19. The van der Waals surface area contributed by atoms with Gasteiger partial charge in [-0.25, -0.2) is 0 Å². The molecule has 0 saturated heterocycles. The zero-order valence-electron chi connectivity index (χ0n) is 15.6. The first-order valence-electron chi connectivity index (χ1n) is 8.98. The van der Waals surface area contributed by atoms with Crippen LogP contribution in [0.3, 0.4) is 0 Å². The summed E-state index contributed by atoms with van der Waals surface area (Å²) in [6, 6.07) is 13.9. The van der Waals surface area contributed by atoms with Crippen LogP contribution in [0.5, 0.6) is 0 Å². The molecule has 2 rings (SSSR count). The summed E-state index contributed by atoms with van der Waals surface area (Å²) in [6.45, 7) is 4.87.